The molecule has 1 aliphatic rings. The summed E-state index contributed by atoms with van der Waals surface area (Å²) in [5.41, 5.74) is 1.30. The van der Waals surface area contributed by atoms with Gasteiger partial charge in [0.15, 0.2) is 11.6 Å². The molecule has 9 heteroatoms. The molecule has 2 heterocycles. The third-order valence-electron chi connectivity index (χ3n) is 5.32. The van der Waals surface area contributed by atoms with Crippen molar-refractivity contribution in [2.45, 2.75) is 43.0 Å². The molecule has 33 heavy (non-hydrogen) atoms. The zero-order valence-electron chi connectivity index (χ0n) is 18.2. The fraction of sp³-hybridized carbons (Fsp3) is 0.292. The number of nitrogens with one attached hydrogen (secondary N) is 2. The number of hydrogen-bond acceptors (Lipinski definition) is 7. The quantitative estimate of drug-likeness (QED) is 0.343. The summed E-state index contributed by atoms with van der Waals surface area (Å²) >= 11 is 7.33. The van der Waals surface area contributed by atoms with Crippen molar-refractivity contribution in [3.8, 4) is 5.88 Å². The second-order valence-electron chi connectivity index (χ2n) is 7.70. The smallest absolute Gasteiger partial charge is 0.222 e. The van der Waals surface area contributed by atoms with Crippen LogP contribution in [0.2, 0.25) is 5.02 Å². The summed E-state index contributed by atoms with van der Waals surface area (Å²) in [6.45, 7) is 0. The predicted octanol–water partition coefficient (Wildman–Crippen LogP) is 6.71. The number of rotatable bonds is 8. The fourth-order valence-corrected chi connectivity index (χ4v) is 4.50. The van der Waals surface area contributed by atoms with Crippen LogP contribution in [0.3, 0.4) is 0 Å². The van der Waals surface area contributed by atoms with Crippen LogP contribution in [0.4, 0.5) is 16.2 Å². The molecule has 1 fully saturated rings. The topological polar surface area (TPSA) is 72.0 Å². The lowest BCUT2D eigenvalue weighted by molar-refractivity contribution is 0.396. The van der Waals surface area contributed by atoms with E-state index < -0.39 is 5.82 Å². The zero-order valence-corrected chi connectivity index (χ0v) is 19.8. The van der Waals surface area contributed by atoms with Crippen LogP contribution in [0.25, 0.3) is 12.2 Å². The van der Waals surface area contributed by atoms with Gasteiger partial charge in [-0.25, -0.2) is 14.4 Å². The van der Waals surface area contributed by atoms with Gasteiger partial charge in [-0.3, -0.25) is 0 Å². The van der Waals surface area contributed by atoms with Crippen LogP contribution in [0.15, 0.2) is 47.6 Å². The predicted molar refractivity (Wildman–Crippen MR) is 133 cm³/mol. The summed E-state index contributed by atoms with van der Waals surface area (Å²) in [5.74, 6) is 0.496. The number of aromatic nitrogens is 3. The largest absolute Gasteiger partial charge is 0.481 e. The standard InChI is InChI=1S/C24H25ClFN5OS/c1-32-23-17(13-20(26)22(30-23)31-33-21-10-6-5-9-19(21)25)12-11-16-14-27-24(28-15-16)29-18-7-3-2-4-8-18/h5-6,9-15,18H,2-4,7-8H2,1H3,(H,30,31)(H,27,28,29)/b12-11+. The minimum atomic E-state index is -0.502. The molecule has 2 N–H and O–H groups in total. The molecule has 0 radical (unpaired) electrons. The molecule has 1 aliphatic carbocycles. The Kier molecular flexibility index (Phi) is 8.01. The summed E-state index contributed by atoms with van der Waals surface area (Å²) in [6.07, 6.45) is 13.1. The molecule has 3 aromatic rings. The summed E-state index contributed by atoms with van der Waals surface area (Å²) in [5, 5.41) is 3.97. The van der Waals surface area contributed by atoms with Crippen molar-refractivity contribution < 1.29 is 9.13 Å². The van der Waals surface area contributed by atoms with E-state index in [1.54, 1.807) is 30.6 Å². The van der Waals surface area contributed by atoms with E-state index in [4.69, 9.17) is 16.3 Å². The molecular formula is C24H25ClFN5OS. The second-order valence-corrected chi connectivity index (χ2v) is 8.96. The van der Waals surface area contributed by atoms with Crippen molar-refractivity contribution in [2.75, 3.05) is 17.1 Å². The second kappa shape index (κ2) is 11.3. The lowest BCUT2D eigenvalue weighted by atomic mass is 9.96. The van der Waals surface area contributed by atoms with Gasteiger partial charge in [-0.15, -0.1) is 0 Å². The van der Waals surface area contributed by atoms with Gasteiger partial charge >= 0.3 is 0 Å². The number of anilines is 2. The fourth-order valence-electron chi connectivity index (χ4n) is 3.59. The number of methoxy groups -OCH3 is 1. The van der Waals surface area contributed by atoms with Crippen molar-refractivity contribution in [1.29, 1.82) is 0 Å². The normalized spacial score (nSPS) is 14.4. The summed E-state index contributed by atoms with van der Waals surface area (Å²) in [6, 6.07) is 9.12. The van der Waals surface area contributed by atoms with Gasteiger partial charge in [0.2, 0.25) is 11.8 Å². The molecule has 0 saturated heterocycles. The molecule has 0 bridgehead atoms. The van der Waals surface area contributed by atoms with Crippen LogP contribution in [-0.2, 0) is 0 Å². The van der Waals surface area contributed by atoms with Crippen LogP contribution in [0.5, 0.6) is 5.88 Å². The minimum absolute atomic E-state index is 0.0652. The molecule has 0 atom stereocenters. The van der Waals surface area contributed by atoms with Crippen molar-refractivity contribution in [1.82, 2.24) is 15.0 Å². The first-order chi connectivity index (χ1) is 16.1. The number of halogens is 2. The van der Waals surface area contributed by atoms with Crippen LogP contribution in [-0.4, -0.2) is 28.1 Å². The summed E-state index contributed by atoms with van der Waals surface area (Å²) < 4.78 is 22.9. The molecule has 1 saturated carbocycles. The monoisotopic (exact) mass is 485 g/mol. The van der Waals surface area contributed by atoms with Gasteiger partial charge in [-0.1, -0.05) is 49.1 Å². The van der Waals surface area contributed by atoms with E-state index in [1.807, 2.05) is 18.2 Å². The maximum Gasteiger partial charge on any atom is 0.222 e. The number of hydrogen-bond donors (Lipinski definition) is 2. The van der Waals surface area contributed by atoms with E-state index in [9.17, 15) is 4.39 Å². The first kappa shape index (κ1) is 23.3. The molecule has 1 aromatic carbocycles. The first-order valence-corrected chi connectivity index (χ1v) is 12.0. The Morgan fingerprint density at radius 1 is 1.12 bits per heavy atom. The van der Waals surface area contributed by atoms with Crippen molar-refractivity contribution >= 4 is 47.5 Å². The molecule has 2 aromatic heterocycles. The molecule has 0 aliphatic heterocycles. The molecular weight excluding hydrogens is 461 g/mol. The third kappa shape index (κ3) is 6.36. The Hall–Kier alpha value is -2.84. The van der Waals surface area contributed by atoms with Gasteiger partial charge in [0.1, 0.15) is 0 Å². The SMILES string of the molecule is COc1nc(NSc2ccccc2Cl)c(F)cc1/C=C/c1cnc(NC2CCCCC2)nc1. The zero-order chi connectivity index (χ0) is 23.0. The average Bonchev–Trinajstić information content (AvgIpc) is 2.84. The number of nitrogens with zero attached hydrogens (tertiary/aromatic N) is 3. The Labute approximate surface area is 202 Å². The molecule has 0 unspecified atom stereocenters. The van der Waals surface area contributed by atoms with E-state index in [2.05, 4.69) is 25.0 Å². The van der Waals surface area contributed by atoms with Crippen molar-refractivity contribution in [3.63, 3.8) is 0 Å². The van der Waals surface area contributed by atoms with Gasteiger partial charge in [-0.05, 0) is 49.1 Å². The summed E-state index contributed by atoms with van der Waals surface area (Å²) in [7, 11) is 1.50. The summed E-state index contributed by atoms with van der Waals surface area (Å²) in [4.78, 5) is 13.8. The minimum Gasteiger partial charge on any atom is -0.481 e. The Morgan fingerprint density at radius 2 is 1.88 bits per heavy atom. The van der Waals surface area contributed by atoms with Crippen molar-refractivity contribution in [2.24, 2.45) is 0 Å². The maximum absolute atomic E-state index is 14.7. The van der Waals surface area contributed by atoms with E-state index in [1.165, 1.54) is 44.4 Å². The number of ether oxygens (including phenoxy) is 1. The van der Waals surface area contributed by atoms with Gasteiger partial charge in [0.25, 0.3) is 0 Å². The van der Waals surface area contributed by atoms with Gasteiger partial charge in [-0.2, -0.15) is 4.98 Å². The highest BCUT2D eigenvalue weighted by atomic mass is 35.5. The third-order valence-corrected chi connectivity index (χ3v) is 6.63. The van der Waals surface area contributed by atoms with E-state index in [-0.39, 0.29) is 5.82 Å². The highest BCUT2D eigenvalue weighted by Crippen LogP contribution is 2.30. The lowest BCUT2D eigenvalue weighted by Gasteiger charge is -2.22. The lowest BCUT2D eigenvalue weighted by Crippen LogP contribution is -2.23. The van der Waals surface area contributed by atoms with Gasteiger partial charge < -0.3 is 14.8 Å². The molecule has 6 nitrogen and oxygen atoms in total. The van der Waals surface area contributed by atoms with Crippen LogP contribution in [0, 0.1) is 5.82 Å². The molecule has 0 spiro atoms. The van der Waals surface area contributed by atoms with Gasteiger partial charge in [0, 0.05) is 34.5 Å². The first-order valence-electron chi connectivity index (χ1n) is 10.8. The highest BCUT2D eigenvalue weighted by molar-refractivity contribution is 8.00. The Morgan fingerprint density at radius 3 is 2.61 bits per heavy atom. The highest BCUT2D eigenvalue weighted by Gasteiger charge is 2.14. The van der Waals surface area contributed by atoms with E-state index in [0.717, 1.165) is 23.3 Å². The van der Waals surface area contributed by atoms with Crippen LogP contribution in [0.1, 0.15) is 43.2 Å². The van der Waals surface area contributed by atoms with E-state index in [0.29, 0.717) is 28.5 Å². The molecule has 4 rings (SSSR count). The molecule has 172 valence electrons. The molecule has 0 amide bonds. The Balaban J connectivity index is 1.42. The van der Waals surface area contributed by atoms with Crippen LogP contribution >= 0.6 is 23.5 Å². The Bertz CT molecular complexity index is 1110. The average molecular weight is 486 g/mol. The number of benzene rings is 1. The van der Waals surface area contributed by atoms with Crippen molar-refractivity contribution in [3.05, 3.63) is 64.7 Å². The maximum atomic E-state index is 14.7. The van der Waals surface area contributed by atoms with Gasteiger partial charge in [0.05, 0.1) is 12.1 Å². The number of pyridine rings is 1. The van der Waals surface area contributed by atoms with E-state index >= 15 is 0 Å². The van der Waals surface area contributed by atoms with Crippen LogP contribution < -0.4 is 14.8 Å².